The molecule has 0 unspecified atom stereocenters. The van der Waals surface area contributed by atoms with Gasteiger partial charge in [-0.05, 0) is 41.3 Å². The molecule has 40 heavy (non-hydrogen) atoms. The van der Waals surface area contributed by atoms with Crippen molar-refractivity contribution in [1.82, 2.24) is 9.55 Å². The van der Waals surface area contributed by atoms with Crippen LogP contribution in [0.1, 0.15) is 46.0 Å². The second-order valence-corrected chi connectivity index (χ2v) is 11.0. The predicted octanol–water partition coefficient (Wildman–Crippen LogP) is 9.62. The van der Waals surface area contributed by atoms with Crippen molar-refractivity contribution < 1.29 is 0 Å². The fraction of sp³-hybridized carbons (Fsp3) is 0.105. The lowest BCUT2D eigenvalue weighted by Crippen LogP contribution is -2.17. The number of rotatable bonds is 4. The number of hydrogen-bond donors (Lipinski definition) is 1. The largest absolute Gasteiger partial charge is 0.356 e. The van der Waals surface area contributed by atoms with Crippen LogP contribution in [-0.2, 0) is 0 Å². The van der Waals surface area contributed by atoms with Gasteiger partial charge in [0.2, 0.25) is 0 Å². The van der Waals surface area contributed by atoms with Crippen LogP contribution >= 0.6 is 0 Å². The molecule has 2 aromatic heterocycles. The lowest BCUT2D eigenvalue weighted by Gasteiger charge is -2.27. The molecule has 1 aliphatic rings. The highest BCUT2D eigenvalue weighted by molar-refractivity contribution is 5.99. The van der Waals surface area contributed by atoms with E-state index in [4.69, 9.17) is 0 Å². The van der Waals surface area contributed by atoms with E-state index in [9.17, 15) is 0 Å². The first-order valence-electron chi connectivity index (χ1n) is 14.2. The highest BCUT2D eigenvalue weighted by Crippen LogP contribution is 2.59. The maximum Gasteiger partial charge on any atom is 0.0819 e. The number of fused-ring (bicyclic) bond motifs is 4. The third kappa shape index (κ3) is 3.36. The van der Waals surface area contributed by atoms with Crippen molar-refractivity contribution in [2.45, 2.75) is 24.8 Å². The Morgan fingerprint density at radius 3 is 1.85 bits per heavy atom. The van der Waals surface area contributed by atoms with Crippen molar-refractivity contribution in [1.29, 1.82) is 0 Å². The number of benzene rings is 5. The average molecular weight is 515 g/mol. The first-order chi connectivity index (χ1) is 19.8. The minimum atomic E-state index is 0.109. The second kappa shape index (κ2) is 9.14. The molecule has 1 N–H and O–H groups in total. The van der Waals surface area contributed by atoms with Crippen LogP contribution in [-0.4, -0.2) is 9.55 Å². The quantitative estimate of drug-likeness (QED) is 0.241. The fourth-order valence-corrected chi connectivity index (χ4v) is 7.29. The number of aromatic amines is 1. The second-order valence-electron chi connectivity index (χ2n) is 11.0. The predicted molar refractivity (Wildman–Crippen MR) is 166 cm³/mol. The van der Waals surface area contributed by atoms with E-state index in [0.717, 1.165) is 0 Å². The SMILES string of the molecule is Cc1c([C@H]2[C@H](c3ccccc3)[C@@H](c3ccccc3)c3c(-c4ccccc4)c4ccccc4n32)[nH]c2ccccc12. The normalized spacial score (nSPS) is 18.4. The number of nitrogens with zero attached hydrogens (tertiary/aromatic N) is 1. The van der Waals surface area contributed by atoms with Gasteiger partial charge < -0.3 is 9.55 Å². The summed E-state index contributed by atoms with van der Waals surface area (Å²) in [6.45, 7) is 2.29. The van der Waals surface area contributed by atoms with Gasteiger partial charge in [-0.1, -0.05) is 127 Å². The summed E-state index contributed by atoms with van der Waals surface area (Å²) < 4.78 is 2.67. The topological polar surface area (TPSA) is 20.7 Å². The lowest BCUT2D eigenvalue weighted by molar-refractivity contribution is 0.520. The standard InChI is InChI=1S/C38H30N2/c1-25-29-21-11-13-23-31(29)39-36(25)38-35(28-19-9-4-10-20-28)34(27-17-7-3-8-18-27)37-33(26-15-5-2-6-16-26)30-22-12-14-24-32(30)40(37)38/h2-24,34-35,38-39H,1H3/t34-,35-,38-/m1/s1. The number of H-pyrrole nitrogens is 1. The molecule has 192 valence electrons. The molecule has 0 bridgehead atoms. The van der Waals surface area contributed by atoms with E-state index in [0.29, 0.717) is 0 Å². The van der Waals surface area contributed by atoms with Crippen LogP contribution in [0.2, 0.25) is 0 Å². The van der Waals surface area contributed by atoms with E-state index in [1.807, 2.05) is 0 Å². The smallest absolute Gasteiger partial charge is 0.0819 e. The van der Waals surface area contributed by atoms with Gasteiger partial charge in [0.05, 0.1) is 6.04 Å². The van der Waals surface area contributed by atoms with Crippen molar-refractivity contribution >= 4 is 21.8 Å². The Hall–Kier alpha value is -4.82. The van der Waals surface area contributed by atoms with Gasteiger partial charge in [0.1, 0.15) is 0 Å². The highest BCUT2D eigenvalue weighted by atomic mass is 15.1. The van der Waals surface area contributed by atoms with E-state index < -0.39 is 0 Å². The van der Waals surface area contributed by atoms with Crippen molar-refractivity contribution in [3.05, 3.63) is 168 Å². The molecule has 2 heteroatoms. The number of hydrogen-bond acceptors (Lipinski definition) is 0. The van der Waals surface area contributed by atoms with Crippen LogP contribution < -0.4 is 0 Å². The molecule has 3 atom stereocenters. The Kier molecular flexibility index (Phi) is 5.28. The molecule has 2 nitrogen and oxygen atoms in total. The fourth-order valence-electron chi connectivity index (χ4n) is 7.29. The Labute approximate surface area is 234 Å². The maximum atomic E-state index is 3.91. The van der Waals surface area contributed by atoms with Gasteiger partial charge in [0.25, 0.3) is 0 Å². The third-order valence-electron chi connectivity index (χ3n) is 8.93. The van der Waals surface area contributed by atoms with Crippen LogP contribution in [0.5, 0.6) is 0 Å². The molecule has 7 aromatic rings. The maximum absolute atomic E-state index is 3.91. The van der Waals surface area contributed by atoms with Crippen molar-refractivity contribution in [3.8, 4) is 11.1 Å². The van der Waals surface area contributed by atoms with E-state index in [1.54, 1.807) is 0 Å². The first-order valence-corrected chi connectivity index (χ1v) is 14.2. The molecule has 0 saturated heterocycles. The van der Waals surface area contributed by atoms with Gasteiger partial charge >= 0.3 is 0 Å². The Morgan fingerprint density at radius 1 is 0.575 bits per heavy atom. The van der Waals surface area contributed by atoms with Gasteiger partial charge in [-0.25, -0.2) is 0 Å². The van der Waals surface area contributed by atoms with E-state index in [2.05, 4.69) is 156 Å². The van der Waals surface area contributed by atoms with Gasteiger partial charge in [-0.15, -0.1) is 0 Å². The Morgan fingerprint density at radius 2 is 1.15 bits per heavy atom. The summed E-state index contributed by atoms with van der Waals surface area (Å²) in [6.07, 6.45) is 0. The highest BCUT2D eigenvalue weighted by Gasteiger charge is 2.47. The molecule has 0 radical (unpaired) electrons. The molecule has 0 aliphatic carbocycles. The zero-order valence-corrected chi connectivity index (χ0v) is 22.5. The van der Waals surface area contributed by atoms with Gasteiger partial charge in [-0.3, -0.25) is 0 Å². The zero-order chi connectivity index (χ0) is 26.6. The van der Waals surface area contributed by atoms with Crippen molar-refractivity contribution in [2.75, 3.05) is 0 Å². The van der Waals surface area contributed by atoms with Crippen LogP contribution in [0.15, 0.2) is 140 Å². The molecule has 0 saturated carbocycles. The molecule has 0 spiro atoms. The van der Waals surface area contributed by atoms with E-state index in [-0.39, 0.29) is 17.9 Å². The number of aryl methyl sites for hydroxylation is 1. The van der Waals surface area contributed by atoms with Crippen LogP contribution in [0, 0.1) is 6.92 Å². The first kappa shape index (κ1) is 23.1. The monoisotopic (exact) mass is 514 g/mol. The van der Waals surface area contributed by atoms with Gasteiger partial charge in [-0.2, -0.15) is 0 Å². The van der Waals surface area contributed by atoms with Gasteiger partial charge in [0, 0.05) is 50.6 Å². The summed E-state index contributed by atoms with van der Waals surface area (Å²) in [7, 11) is 0. The summed E-state index contributed by atoms with van der Waals surface area (Å²) in [5.74, 6) is 0.402. The number of nitrogens with one attached hydrogen (secondary N) is 1. The van der Waals surface area contributed by atoms with Gasteiger partial charge in [0.15, 0.2) is 0 Å². The molecule has 1 aliphatic heterocycles. The molecular weight excluding hydrogens is 484 g/mol. The zero-order valence-electron chi connectivity index (χ0n) is 22.5. The number of aromatic nitrogens is 2. The summed E-state index contributed by atoms with van der Waals surface area (Å²) in [4.78, 5) is 3.91. The van der Waals surface area contributed by atoms with Crippen LogP contribution in [0.3, 0.4) is 0 Å². The lowest BCUT2D eigenvalue weighted by atomic mass is 9.76. The minimum Gasteiger partial charge on any atom is -0.356 e. The van der Waals surface area contributed by atoms with Crippen molar-refractivity contribution in [2.24, 2.45) is 0 Å². The molecule has 5 aromatic carbocycles. The van der Waals surface area contributed by atoms with Crippen molar-refractivity contribution in [3.63, 3.8) is 0 Å². The Balaban J connectivity index is 1.53. The summed E-state index contributed by atoms with van der Waals surface area (Å²) >= 11 is 0. The summed E-state index contributed by atoms with van der Waals surface area (Å²) in [5, 5.41) is 2.61. The average Bonchev–Trinajstić information content (AvgIpc) is 3.65. The molecule has 8 rings (SSSR count). The summed E-state index contributed by atoms with van der Waals surface area (Å²) in [6, 6.07) is 51.1. The van der Waals surface area contributed by atoms with E-state index in [1.165, 1.54) is 61.0 Å². The molecular formula is C38H30N2. The minimum absolute atomic E-state index is 0.109. The summed E-state index contributed by atoms with van der Waals surface area (Å²) in [5.41, 5.74) is 11.9. The molecule has 0 fully saturated rings. The van der Waals surface area contributed by atoms with Crippen LogP contribution in [0.4, 0.5) is 0 Å². The van der Waals surface area contributed by atoms with Crippen LogP contribution in [0.25, 0.3) is 32.9 Å². The third-order valence-corrected chi connectivity index (χ3v) is 8.93. The molecule has 3 heterocycles. The Bertz CT molecular complexity index is 1960. The number of para-hydroxylation sites is 2. The van der Waals surface area contributed by atoms with E-state index >= 15 is 0 Å². The molecule has 0 amide bonds.